The zero-order valence-corrected chi connectivity index (χ0v) is 12.1. The van der Waals surface area contributed by atoms with Gasteiger partial charge in [0.15, 0.2) is 0 Å². The molecule has 0 saturated heterocycles. The minimum atomic E-state index is -1.01. The Labute approximate surface area is 132 Å². The standard InChI is InChI=1S/C17H13N3O3/c18-9-14(10-19)15(13-6-7-23-11-13)8-16(21)20-17(22)12-4-2-1-3-5-12/h1-7,11,14-15H,8H2,(H,20,21,22)/t15-/m0/s1. The van der Waals surface area contributed by atoms with E-state index < -0.39 is 23.7 Å². The van der Waals surface area contributed by atoms with Crippen molar-refractivity contribution in [1.29, 1.82) is 10.5 Å². The lowest BCUT2D eigenvalue weighted by Gasteiger charge is -2.15. The maximum absolute atomic E-state index is 12.1. The number of amides is 2. The summed E-state index contributed by atoms with van der Waals surface area (Å²) in [5.74, 6) is -2.75. The van der Waals surface area contributed by atoms with E-state index in [0.717, 1.165) is 0 Å². The molecular weight excluding hydrogens is 294 g/mol. The molecule has 0 aliphatic heterocycles. The topological polar surface area (TPSA) is 107 Å². The van der Waals surface area contributed by atoms with Crippen LogP contribution >= 0.6 is 0 Å². The molecule has 2 aromatic rings. The molecule has 0 bridgehead atoms. The summed E-state index contributed by atoms with van der Waals surface area (Å²) >= 11 is 0. The van der Waals surface area contributed by atoms with E-state index in [0.29, 0.717) is 11.1 Å². The molecular formula is C17H13N3O3. The number of furan rings is 1. The number of carbonyl (C=O) groups excluding carboxylic acids is 2. The van der Waals surface area contributed by atoms with Crippen molar-refractivity contribution in [2.75, 3.05) is 0 Å². The van der Waals surface area contributed by atoms with Crippen LogP contribution in [0.4, 0.5) is 0 Å². The van der Waals surface area contributed by atoms with Gasteiger partial charge in [-0.25, -0.2) is 0 Å². The molecule has 6 heteroatoms. The Morgan fingerprint density at radius 2 is 1.83 bits per heavy atom. The molecule has 2 amide bonds. The normalized spacial score (nSPS) is 11.3. The van der Waals surface area contributed by atoms with Gasteiger partial charge in [-0.1, -0.05) is 18.2 Å². The fourth-order valence-electron chi connectivity index (χ4n) is 2.16. The van der Waals surface area contributed by atoms with Gasteiger partial charge in [-0.3, -0.25) is 14.9 Å². The molecule has 0 spiro atoms. The van der Waals surface area contributed by atoms with E-state index in [1.807, 2.05) is 12.1 Å². The number of hydrogen-bond donors (Lipinski definition) is 1. The average molecular weight is 307 g/mol. The van der Waals surface area contributed by atoms with Gasteiger partial charge in [-0.05, 0) is 23.8 Å². The highest BCUT2D eigenvalue weighted by molar-refractivity contribution is 6.04. The third-order valence-corrected chi connectivity index (χ3v) is 3.35. The van der Waals surface area contributed by atoms with Gasteiger partial charge in [-0.15, -0.1) is 0 Å². The van der Waals surface area contributed by atoms with Gasteiger partial charge in [0, 0.05) is 17.9 Å². The van der Waals surface area contributed by atoms with E-state index in [-0.39, 0.29) is 6.42 Å². The maximum Gasteiger partial charge on any atom is 0.257 e. The van der Waals surface area contributed by atoms with Gasteiger partial charge >= 0.3 is 0 Å². The molecule has 0 aliphatic carbocycles. The van der Waals surface area contributed by atoms with Crippen LogP contribution in [0.1, 0.15) is 28.3 Å². The number of nitrogens with zero attached hydrogens (tertiary/aromatic N) is 2. The Balaban J connectivity index is 2.08. The molecule has 6 nitrogen and oxygen atoms in total. The minimum absolute atomic E-state index is 0.163. The van der Waals surface area contributed by atoms with Crippen molar-refractivity contribution in [3.05, 3.63) is 60.1 Å². The largest absolute Gasteiger partial charge is 0.472 e. The first kappa shape index (κ1) is 16.0. The number of rotatable bonds is 5. The van der Waals surface area contributed by atoms with Crippen LogP contribution in [0.3, 0.4) is 0 Å². The Morgan fingerprint density at radius 1 is 1.13 bits per heavy atom. The molecule has 1 aromatic heterocycles. The Kier molecular flexibility index (Phi) is 5.27. The molecule has 0 radical (unpaired) electrons. The second kappa shape index (κ2) is 7.58. The number of benzene rings is 1. The van der Waals surface area contributed by atoms with E-state index in [9.17, 15) is 9.59 Å². The van der Waals surface area contributed by atoms with E-state index in [1.165, 1.54) is 12.5 Å². The monoisotopic (exact) mass is 307 g/mol. The maximum atomic E-state index is 12.1. The van der Waals surface area contributed by atoms with Gasteiger partial charge in [0.05, 0.1) is 24.7 Å². The summed E-state index contributed by atoms with van der Waals surface area (Å²) in [5.41, 5.74) is 0.929. The van der Waals surface area contributed by atoms with Crippen molar-refractivity contribution in [1.82, 2.24) is 5.32 Å². The third-order valence-electron chi connectivity index (χ3n) is 3.35. The Morgan fingerprint density at radius 3 is 2.39 bits per heavy atom. The van der Waals surface area contributed by atoms with Crippen LogP contribution in [-0.4, -0.2) is 11.8 Å². The van der Waals surface area contributed by atoms with E-state index >= 15 is 0 Å². The third kappa shape index (κ3) is 4.05. The zero-order valence-electron chi connectivity index (χ0n) is 12.1. The van der Waals surface area contributed by atoms with Crippen molar-refractivity contribution in [3.63, 3.8) is 0 Å². The van der Waals surface area contributed by atoms with Gasteiger partial charge in [0.2, 0.25) is 5.91 Å². The first-order valence-electron chi connectivity index (χ1n) is 6.86. The highest BCUT2D eigenvalue weighted by Crippen LogP contribution is 2.28. The van der Waals surface area contributed by atoms with Crippen molar-refractivity contribution in [2.45, 2.75) is 12.3 Å². The summed E-state index contributed by atoms with van der Waals surface area (Å²) in [7, 11) is 0. The molecule has 1 heterocycles. The van der Waals surface area contributed by atoms with Crippen molar-refractivity contribution in [3.8, 4) is 12.1 Å². The Hall–Kier alpha value is -3.38. The van der Waals surface area contributed by atoms with Crippen LogP contribution in [0.5, 0.6) is 0 Å². The van der Waals surface area contributed by atoms with E-state index in [4.69, 9.17) is 14.9 Å². The second-order valence-electron chi connectivity index (χ2n) is 4.85. The molecule has 0 unspecified atom stereocenters. The molecule has 1 aromatic carbocycles. The molecule has 0 fully saturated rings. The quantitative estimate of drug-likeness (QED) is 0.912. The first-order valence-corrected chi connectivity index (χ1v) is 6.86. The predicted molar refractivity (Wildman–Crippen MR) is 79.7 cm³/mol. The van der Waals surface area contributed by atoms with Crippen LogP contribution in [0, 0.1) is 28.6 Å². The highest BCUT2D eigenvalue weighted by atomic mass is 16.3. The first-order chi connectivity index (χ1) is 11.2. The summed E-state index contributed by atoms with van der Waals surface area (Å²) in [6.45, 7) is 0. The smallest absolute Gasteiger partial charge is 0.257 e. The number of hydrogen-bond acceptors (Lipinski definition) is 5. The fourth-order valence-corrected chi connectivity index (χ4v) is 2.16. The zero-order chi connectivity index (χ0) is 16.7. The van der Waals surface area contributed by atoms with Crippen LogP contribution in [0.2, 0.25) is 0 Å². The van der Waals surface area contributed by atoms with Gasteiger partial charge in [0.1, 0.15) is 5.92 Å². The number of nitrogens with one attached hydrogen (secondary N) is 1. The summed E-state index contributed by atoms with van der Waals surface area (Å²) < 4.78 is 4.95. The lowest BCUT2D eigenvalue weighted by Crippen LogP contribution is -2.32. The Bertz CT molecular complexity index is 741. The molecule has 114 valence electrons. The lowest BCUT2D eigenvalue weighted by atomic mass is 9.86. The predicted octanol–water partition coefficient (Wildman–Crippen LogP) is 2.37. The average Bonchev–Trinajstić information content (AvgIpc) is 3.10. The number of imide groups is 1. The van der Waals surface area contributed by atoms with Crippen molar-refractivity contribution < 1.29 is 14.0 Å². The van der Waals surface area contributed by atoms with Gasteiger partial charge < -0.3 is 4.42 Å². The van der Waals surface area contributed by atoms with Crippen molar-refractivity contribution >= 4 is 11.8 Å². The van der Waals surface area contributed by atoms with Crippen molar-refractivity contribution in [2.24, 2.45) is 5.92 Å². The van der Waals surface area contributed by atoms with Gasteiger partial charge in [0.25, 0.3) is 5.91 Å². The summed E-state index contributed by atoms with van der Waals surface area (Å²) in [6.07, 6.45) is 2.63. The molecule has 1 N–H and O–H groups in total. The minimum Gasteiger partial charge on any atom is -0.472 e. The van der Waals surface area contributed by atoms with E-state index in [2.05, 4.69) is 5.32 Å². The van der Waals surface area contributed by atoms with E-state index in [1.54, 1.807) is 36.4 Å². The number of nitriles is 2. The molecule has 1 atom stereocenters. The van der Waals surface area contributed by atoms with Gasteiger partial charge in [-0.2, -0.15) is 10.5 Å². The second-order valence-corrected chi connectivity index (χ2v) is 4.85. The molecule has 2 rings (SSSR count). The lowest BCUT2D eigenvalue weighted by molar-refractivity contribution is -0.120. The molecule has 23 heavy (non-hydrogen) atoms. The van der Waals surface area contributed by atoms with Crippen LogP contribution < -0.4 is 5.32 Å². The van der Waals surface area contributed by atoms with Crippen LogP contribution in [-0.2, 0) is 4.79 Å². The number of carbonyl (C=O) groups is 2. The summed E-state index contributed by atoms with van der Waals surface area (Å²) in [6, 6.07) is 13.6. The van der Waals surface area contributed by atoms with Crippen LogP contribution in [0.15, 0.2) is 53.3 Å². The molecule has 0 saturated carbocycles. The summed E-state index contributed by atoms with van der Waals surface area (Å²) in [5, 5.41) is 20.4. The van der Waals surface area contributed by atoms with Crippen LogP contribution in [0.25, 0.3) is 0 Å². The summed E-state index contributed by atoms with van der Waals surface area (Å²) in [4.78, 5) is 24.0. The molecule has 0 aliphatic rings. The highest BCUT2D eigenvalue weighted by Gasteiger charge is 2.27. The SMILES string of the molecule is N#CC(C#N)[C@@H](CC(=O)NC(=O)c1ccccc1)c1ccoc1. The fraction of sp³-hybridized carbons (Fsp3) is 0.176.